The third-order valence-corrected chi connectivity index (χ3v) is 2.14. The number of carbonyl (C=O) groups is 1. The van der Waals surface area contributed by atoms with Crippen molar-refractivity contribution in [3.8, 4) is 0 Å². The molecule has 0 spiro atoms. The molecule has 8 heteroatoms. The first-order chi connectivity index (χ1) is 8.79. The van der Waals surface area contributed by atoms with E-state index in [1.165, 1.54) is 12.1 Å². The van der Waals surface area contributed by atoms with Crippen molar-refractivity contribution in [2.24, 2.45) is 5.73 Å². The molecule has 5 N–H and O–H groups in total. The Hall–Kier alpha value is -1.96. The summed E-state index contributed by atoms with van der Waals surface area (Å²) in [6, 6.07) is 4.46. The van der Waals surface area contributed by atoms with Gasteiger partial charge in [0.2, 0.25) is 0 Å². The monoisotopic (exact) mass is 277 g/mol. The minimum atomic E-state index is -4.35. The molecule has 0 saturated heterocycles. The molecule has 1 amide bonds. The highest BCUT2D eigenvalue weighted by atomic mass is 19.4. The molecular formula is C11H14F3N3O2. The van der Waals surface area contributed by atoms with E-state index in [9.17, 15) is 18.0 Å². The van der Waals surface area contributed by atoms with Crippen molar-refractivity contribution in [1.29, 1.82) is 0 Å². The van der Waals surface area contributed by atoms with Crippen LogP contribution in [0.4, 0.5) is 24.5 Å². The van der Waals surface area contributed by atoms with Gasteiger partial charge in [0, 0.05) is 17.9 Å². The van der Waals surface area contributed by atoms with Crippen molar-refractivity contribution in [3.63, 3.8) is 0 Å². The zero-order valence-corrected chi connectivity index (χ0v) is 9.96. The smallest absolute Gasteiger partial charge is 0.399 e. The molecule has 0 radical (unpaired) electrons. The zero-order valence-electron chi connectivity index (χ0n) is 9.96. The van der Waals surface area contributed by atoms with E-state index in [0.29, 0.717) is 11.4 Å². The Balaban J connectivity index is 2.47. The van der Waals surface area contributed by atoms with Crippen LogP contribution in [-0.2, 0) is 4.74 Å². The Labute approximate surface area is 107 Å². The van der Waals surface area contributed by atoms with Crippen LogP contribution in [-0.4, -0.2) is 31.8 Å². The highest BCUT2D eigenvalue weighted by molar-refractivity contribution is 5.99. The number of anilines is 2. The normalized spacial score (nSPS) is 11.3. The number of alkyl halides is 3. The van der Waals surface area contributed by atoms with Gasteiger partial charge >= 0.3 is 6.18 Å². The fourth-order valence-corrected chi connectivity index (χ4v) is 1.37. The van der Waals surface area contributed by atoms with Gasteiger partial charge in [-0.1, -0.05) is 0 Å². The van der Waals surface area contributed by atoms with Crippen LogP contribution < -0.4 is 16.8 Å². The summed E-state index contributed by atoms with van der Waals surface area (Å²) in [5, 5.41) is 2.76. The van der Waals surface area contributed by atoms with Crippen LogP contribution in [0.2, 0.25) is 0 Å². The van der Waals surface area contributed by atoms with E-state index in [-0.39, 0.29) is 18.7 Å². The van der Waals surface area contributed by atoms with Gasteiger partial charge in [0.05, 0.1) is 12.2 Å². The first-order valence-corrected chi connectivity index (χ1v) is 5.37. The first-order valence-electron chi connectivity index (χ1n) is 5.37. The average molecular weight is 277 g/mol. The van der Waals surface area contributed by atoms with Gasteiger partial charge in [-0.3, -0.25) is 4.79 Å². The van der Waals surface area contributed by atoms with E-state index >= 15 is 0 Å². The predicted octanol–water partition coefficient (Wildman–Crippen LogP) is 1.36. The van der Waals surface area contributed by atoms with Crippen molar-refractivity contribution in [2.75, 3.05) is 30.8 Å². The van der Waals surface area contributed by atoms with Gasteiger partial charge in [-0.05, 0) is 18.2 Å². The van der Waals surface area contributed by atoms with E-state index in [1.807, 2.05) is 0 Å². The second kappa shape index (κ2) is 6.28. The average Bonchev–Trinajstić information content (AvgIpc) is 2.28. The number of nitrogens with two attached hydrogens (primary N) is 2. The van der Waals surface area contributed by atoms with E-state index in [4.69, 9.17) is 11.5 Å². The lowest BCUT2D eigenvalue weighted by atomic mass is 10.1. The van der Waals surface area contributed by atoms with Crippen molar-refractivity contribution in [3.05, 3.63) is 23.8 Å². The Morgan fingerprint density at radius 1 is 1.37 bits per heavy atom. The minimum absolute atomic E-state index is 0.111. The molecule has 1 aromatic carbocycles. The van der Waals surface area contributed by atoms with Gasteiger partial charge in [0.25, 0.3) is 5.91 Å². The number of benzene rings is 1. The number of rotatable bonds is 6. The molecule has 5 nitrogen and oxygen atoms in total. The van der Waals surface area contributed by atoms with Crippen LogP contribution in [0, 0.1) is 0 Å². The molecular weight excluding hydrogens is 263 g/mol. The van der Waals surface area contributed by atoms with E-state index in [1.54, 1.807) is 6.07 Å². The third-order valence-electron chi connectivity index (χ3n) is 2.14. The number of halogens is 3. The van der Waals surface area contributed by atoms with Gasteiger partial charge in [0.15, 0.2) is 0 Å². The molecule has 0 aliphatic heterocycles. The van der Waals surface area contributed by atoms with Gasteiger partial charge in [-0.25, -0.2) is 0 Å². The fraction of sp³-hybridized carbons (Fsp3) is 0.364. The van der Waals surface area contributed by atoms with Crippen LogP contribution in [0.25, 0.3) is 0 Å². The molecule has 106 valence electrons. The van der Waals surface area contributed by atoms with E-state index in [0.717, 1.165) is 0 Å². The molecule has 0 fully saturated rings. The third kappa shape index (κ3) is 5.47. The summed E-state index contributed by atoms with van der Waals surface area (Å²) in [6.07, 6.45) is -4.35. The van der Waals surface area contributed by atoms with Crippen molar-refractivity contribution in [1.82, 2.24) is 0 Å². The fourth-order valence-electron chi connectivity index (χ4n) is 1.37. The molecule has 0 aliphatic rings. The molecule has 0 bridgehead atoms. The number of carbonyl (C=O) groups excluding carboxylic acids is 1. The molecule has 0 aromatic heterocycles. The highest BCUT2D eigenvalue weighted by Crippen LogP contribution is 2.18. The summed E-state index contributed by atoms with van der Waals surface area (Å²) in [6.45, 7) is -1.35. The Kier molecular flexibility index (Phi) is 4.99. The van der Waals surface area contributed by atoms with Crippen molar-refractivity contribution in [2.45, 2.75) is 6.18 Å². The summed E-state index contributed by atoms with van der Waals surface area (Å²) in [7, 11) is 0. The maximum absolute atomic E-state index is 11.8. The Morgan fingerprint density at radius 3 is 2.63 bits per heavy atom. The molecule has 19 heavy (non-hydrogen) atoms. The number of primary amides is 1. The van der Waals surface area contributed by atoms with Gasteiger partial charge < -0.3 is 21.5 Å². The maximum Gasteiger partial charge on any atom is 0.411 e. The standard InChI is InChI=1S/C11H14F3N3O2/c12-11(13,14)6-19-4-3-17-9-2-1-7(15)5-8(9)10(16)18/h1-2,5,17H,3-4,6,15H2,(H2,16,18). The first kappa shape index (κ1) is 15.1. The largest absolute Gasteiger partial charge is 0.411 e. The SMILES string of the molecule is NC(=O)c1cc(N)ccc1NCCOCC(F)(F)F. The summed E-state index contributed by atoms with van der Waals surface area (Å²) in [5.41, 5.74) is 11.6. The summed E-state index contributed by atoms with van der Waals surface area (Å²) in [4.78, 5) is 11.1. The number of nitrogen functional groups attached to an aromatic ring is 1. The topological polar surface area (TPSA) is 90.4 Å². The minimum Gasteiger partial charge on any atom is -0.399 e. The van der Waals surface area contributed by atoms with E-state index in [2.05, 4.69) is 10.1 Å². The van der Waals surface area contributed by atoms with Crippen molar-refractivity contribution >= 4 is 17.3 Å². The predicted molar refractivity (Wildman–Crippen MR) is 64.7 cm³/mol. The van der Waals surface area contributed by atoms with Crippen LogP contribution in [0.5, 0.6) is 0 Å². The lowest BCUT2D eigenvalue weighted by Gasteiger charge is -2.11. The molecule has 1 aromatic rings. The van der Waals surface area contributed by atoms with Crippen LogP contribution >= 0.6 is 0 Å². The summed E-state index contributed by atoms with van der Waals surface area (Å²) >= 11 is 0. The van der Waals surface area contributed by atoms with Gasteiger partial charge in [-0.2, -0.15) is 13.2 Å². The van der Waals surface area contributed by atoms with Gasteiger partial charge in [-0.15, -0.1) is 0 Å². The lowest BCUT2D eigenvalue weighted by Crippen LogP contribution is -2.21. The van der Waals surface area contributed by atoms with Crippen molar-refractivity contribution < 1.29 is 22.7 Å². The van der Waals surface area contributed by atoms with Crippen LogP contribution in [0.1, 0.15) is 10.4 Å². The number of ether oxygens (including phenoxy) is 1. The molecule has 0 atom stereocenters. The zero-order chi connectivity index (χ0) is 14.5. The molecule has 1 rings (SSSR count). The summed E-state index contributed by atoms with van der Waals surface area (Å²) in [5.74, 6) is -0.675. The van der Waals surface area contributed by atoms with E-state index < -0.39 is 18.7 Å². The molecule has 0 unspecified atom stereocenters. The number of hydrogen-bond acceptors (Lipinski definition) is 4. The van der Waals surface area contributed by atoms with Crippen LogP contribution in [0.15, 0.2) is 18.2 Å². The number of hydrogen-bond donors (Lipinski definition) is 3. The summed E-state index contributed by atoms with van der Waals surface area (Å²) < 4.78 is 39.8. The maximum atomic E-state index is 11.8. The molecule has 0 saturated carbocycles. The number of nitrogens with one attached hydrogen (secondary N) is 1. The van der Waals surface area contributed by atoms with Crippen LogP contribution in [0.3, 0.4) is 0 Å². The second-order valence-electron chi connectivity index (χ2n) is 3.76. The second-order valence-corrected chi connectivity index (χ2v) is 3.76. The lowest BCUT2D eigenvalue weighted by molar-refractivity contribution is -0.172. The number of amides is 1. The quantitative estimate of drug-likeness (QED) is 0.541. The Morgan fingerprint density at radius 2 is 2.05 bits per heavy atom. The molecule has 0 aliphatic carbocycles. The molecule has 0 heterocycles. The Bertz CT molecular complexity index is 449. The van der Waals surface area contributed by atoms with Gasteiger partial charge in [0.1, 0.15) is 6.61 Å². The highest BCUT2D eigenvalue weighted by Gasteiger charge is 2.27.